The first-order valence-corrected chi connectivity index (χ1v) is 12.9. The van der Waals surface area contributed by atoms with Crippen LogP contribution in [0.5, 0.6) is 0 Å². The van der Waals surface area contributed by atoms with E-state index in [2.05, 4.69) is 0 Å². The third kappa shape index (κ3) is 3.72. The Morgan fingerprint density at radius 1 is 1.00 bits per heavy atom. The van der Waals surface area contributed by atoms with E-state index in [9.17, 15) is 51.2 Å². The van der Waals surface area contributed by atoms with Gasteiger partial charge in [0.1, 0.15) is 5.82 Å². The van der Waals surface area contributed by atoms with Crippen molar-refractivity contribution in [1.29, 1.82) is 0 Å². The molecule has 206 valence electrons. The summed E-state index contributed by atoms with van der Waals surface area (Å²) in [4.78, 5) is 48.4. The summed E-state index contributed by atoms with van der Waals surface area (Å²) in [5.74, 6) is -7.93. The van der Waals surface area contributed by atoms with Crippen molar-refractivity contribution in [3.8, 4) is 0 Å². The zero-order valence-electron chi connectivity index (χ0n) is 20.0. The van der Waals surface area contributed by atoms with Crippen molar-refractivity contribution < 1.29 is 46.0 Å². The highest BCUT2D eigenvalue weighted by molar-refractivity contribution is 7.95. The summed E-state index contributed by atoms with van der Waals surface area (Å²) in [5.41, 5.74) is -1.70. The number of carbonyl (C=O) groups excluding carboxylic acids is 2. The third-order valence-corrected chi connectivity index (χ3v) is 9.27. The van der Waals surface area contributed by atoms with Gasteiger partial charge in [-0.05, 0) is 35.9 Å². The standard InChI is InChI=1S/C25H16F3N3O8S/c26-14-3-1-13(2-4-14)12-29-20-8-6-16(31(36)37)9-17(20)25(24(29)35)30(15-5-7-18(27)19(28)10-15)23(34)21(11-22(32)33)40(25,38)39/h1-10,21H,11-12H2,(H,32,33). The van der Waals surface area contributed by atoms with Crippen LogP contribution in [-0.2, 0) is 35.6 Å². The number of nitro benzene ring substituents is 1. The molecule has 2 atom stereocenters. The monoisotopic (exact) mass is 575 g/mol. The number of aliphatic carboxylic acids is 1. The van der Waals surface area contributed by atoms with Gasteiger partial charge in [-0.25, -0.2) is 21.6 Å². The lowest BCUT2D eigenvalue weighted by atomic mass is 10.0. The normalized spacial score (nSPS) is 21.2. The molecule has 2 unspecified atom stereocenters. The van der Waals surface area contributed by atoms with Gasteiger partial charge in [0.05, 0.1) is 23.6 Å². The summed E-state index contributed by atoms with van der Waals surface area (Å²) in [7, 11) is -5.22. The molecule has 2 aliphatic rings. The average molecular weight is 575 g/mol. The zero-order valence-corrected chi connectivity index (χ0v) is 20.8. The van der Waals surface area contributed by atoms with E-state index in [0.717, 1.165) is 41.3 Å². The number of anilines is 2. The summed E-state index contributed by atoms with van der Waals surface area (Å²) in [5, 5.41) is 18.7. The van der Waals surface area contributed by atoms with Crippen LogP contribution in [0.25, 0.3) is 0 Å². The Hall–Kier alpha value is -4.79. The molecule has 1 N–H and O–H groups in total. The lowest BCUT2D eigenvalue weighted by molar-refractivity contribution is -0.384. The first kappa shape index (κ1) is 26.8. The molecule has 2 heterocycles. The number of non-ortho nitro benzene ring substituents is 1. The van der Waals surface area contributed by atoms with Crippen LogP contribution in [0.2, 0.25) is 0 Å². The van der Waals surface area contributed by atoms with Gasteiger partial charge in [0, 0.05) is 29.4 Å². The summed E-state index contributed by atoms with van der Waals surface area (Å²) in [6.45, 7) is -0.384. The molecule has 5 rings (SSSR count). The van der Waals surface area contributed by atoms with Gasteiger partial charge in [-0.1, -0.05) is 12.1 Å². The second-order valence-electron chi connectivity index (χ2n) is 9.02. The molecule has 3 aromatic rings. The summed E-state index contributed by atoms with van der Waals surface area (Å²) in [6, 6.07) is 9.44. The molecule has 2 aliphatic heterocycles. The number of benzene rings is 3. The molecule has 11 nitrogen and oxygen atoms in total. The number of hydrogen-bond donors (Lipinski definition) is 1. The van der Waals surface area contributed by atoms with Crippen LogP contribution in [0.3, 0.4) is 0 Å². The van der Waals surface area contributed by atoms with E-state index < -0.39 is 83.5 Å². The third-order valence-electron chi connectivity index (χ3n) is 6.75. The van der Waals surface area contributed by atoms with Crippen LogP contribution >= 0.6 is 0 Å². The Kier molecular flexibility index (Phi) is 6.13. The summed E-state index contributed by atoms with van der Waals surface area (Å²) in [6.07, 6.45) is -1.28. The van der Waals surface area contributed by atoms with Gasteiger partial charge < -0.3 is 10.0 Å². The van der Waals surface area contributed by atoms with E-state index in [0.29, 0.717) is 22.6 Å². The second kappa shape index (κ2) is 9.15. The van der Waals surface area contributed by atoms with Crippen molar-refractivity contribution in [3.05, 3.63) is 99.4 Å². The number of rotatable bonds is 6. The van der Waals surface area contributed by atoms with Crippen molar-refractivity contribution in [2.75, 3.05) is 9.80 Å². The largest absolute Gasteiger partial charge is 0.481 e. The maximum atomic E-state index is 14.3. The Labute approximate surface area is 223 Å². The van der Waals surface area contributed by atoms with Gasteiger partial charge in [-0.3, -0.25) is 29.4 Å². The van der Waals surface area contributed by atoms with Gasteiger partial charge in [-0.2, -0.15) is 0 Å². The van der Waals surface area contributed by atoms with Gasteiger partial charge >= 0.3 is 5.97 Å². The fourth-order valence-electron chi connectivity index (χ4n) is 5.03. The Bertz CT molecular complexity index is 1730. The molecule has 0 bridgehead atoms. The fraction of sp³-hybridized carbons (Fsp3) is 0.160. The maximum Gasteiger partial charge on any atom is 0.305 e. The summed E-state index contributed by atoms with van der Waals surface area (Å²) < 4.78 is 69.9. The molecule has 1 spiro atoms. The number of amides is 2. The lowest BCUT2D eigenvalue weighted by Gasteiger charge is -2.32. The minimum absolute atomic E-state index is 0.181. The van der Waals surface area contributed by atoms with E-state index in [1.54, 1.807) is 0 Å². The van der Waals surface area contributed by atoms with E-state index in [1.807, 2.05) is 0 Å². The van der Waals surface area contributed by atoms with Crippen LogP contribution in [0.15, 0.2) is 60.7 Å². The molecule has 2 amide bonds. The van der Waals surface area contributed by atoms with Crippen molar-refractivity contribution in [3.63, 3.8) is 0 Å². The van der Waals surface area contributed by atoms with Crippen molar-refractivity contribution in [1.82, 2.24) is 0 Å². The molecule has 0 radical (unpaired) electrons. The number of halogens is 3. The fourth-order valence-corrected chi connectivity index (χ4v) is 7.44. The number of hydrogen-bond acceptors (Lipinski definition) is 7. The average Bonchev–Trinajstić information content (AvgIpc) is 3.23. The second-order valence-corrected chi connectivity index (χ2v) is 11.3. The number of sulfone groups is 1. The summed E-state index contributed by atoms with van der Waals surface area (Å²) >= 11 is 0. The molecule has 1 saturated heterocycles. The van der Waals surface area contributed by atoms with Crippen molar-refractivity contribution >= 4 is 44.7 Å². The minimum atomic E-state index is -5.22. The number of nitrogens with zero attached hydrogens (tertiary/aromatic N) is 3. The molecule has 3 aromatic carbocycles. The van der Waals surface area contributed by atoms with Crippen LogP contribution in [-0.4, -0.2) is 41.5 Å². The van der Waals surface area contributed by atoms with Crippen molar-refractivity contribution in [2.24, 2.45) is 0 Å². The predicted molar refractivity (Wildman–Crippen MR) is 131 cm³/mol. The maximum absolute atomic E-state index is 14.3. The highest BCUT2D eigenvalue weighted by Gasteiger charge is 2.73. The topological polar surface area (TPSA) is 155 Å². The molecule has 0 saturated carbocycles. The van der Waals surface area contributed by atoms with E-state index in [4.69, 9.17) is 0 Å². The molecule has 1 fully saturated rings. The molecular formula is C25H16F3N3O8S. The molecule has 40 heavy (non-hydrogen) atoms. The van der Waals surface area contributed by atoms with Crippen LogP contribution in [0.4, 0.5) is 30.2 Å². The van der Waals surface area contributed by atoms with Gasteiger partial charge in [0.25, 0.3) is 16.5 Å². The number of carbonyl (C=O) groups is 3. The van der Waals surface area contributed by atoms with Gasteiger partial charge in [0.15, 0.2) is 16.9 Å². The Morgan fingerprint density at radius 3 is 2.27 bits per heavy atom. The van der Waals surface area contributed by atoms with E-state index >= 15 is 0 Å². The zero-order chi connectivity index (χ0) is 29.1. The van der Waals surface area contributed by atoms with Crippen LogP contribution in [0.1, 0.15) is 17.5 Å². The number of carboxylic acid groups (broad SMARTS) is 1. The first-order valence-electron chi connectivity index (χ1n) is 11.4. The highest BCUT2D eigenvalue weighted by Crippen LogP contribution is 2.55. The molecular weight excluding hydrogens is 559 g/mol. The first-order chi connectivity index (χ1) is 18.8. The Balaban J connectivity index is 1.84. The lowest BCUT2D eigenvalue weighted by Crippen LogP contribution is -2.54. The van der Waals surface area contributed by atoms with E-state index in [1.165, 1.54) is 12.1 Å². The van der Waals surface area contributed by atoms with Crippen LogP contribution < -0.4 is 9.80 Å². The number of carboxylic acids is 1. The smallest absolute Gasteiger partial charge is 0.305 e. The highest BCUT2D eigenvalue weighted by atomic mass is 32.2. The van der Waals surface area contributed by atoms with Gasteiger partial charge in [-0.15, -0.1) is 0 Å². The molecule has 15 heteroatoms. The van der Waals surface area contributed by atoms with Crippen LogP contribution in [0, 0.1) is 27.6 Å². The Morgan fingerprint density at radius 2 is 1.68 bits per heavy atom. The predicted octanol–water partition coefficient (Wildman–Crippen LogP) is 3.02. The molecule has 0 aromatic heterocycles. The van der Waals surface area contributed by atoms with Gasteiger partial charge in [0.2, 0.25) is 15.7 Å². The quantitative estimate of drug-likeness (QED) is 0.347. The molecule has 0 aliphatic carbocycles. The minimum Gasteiger partial charge on any atom is -0.481 e. The number of fused-ring (bicyclic) bond motifs is 2. The van der Waals surface area contributed by atoms with E-state index in [-0.39, 0.29) is 12.2 Å². The SMILES string of the molecule is O=C(O)CC1C(=O)N(c2ccc(F)c(F)c2)C2(C(=O)N(Cc3ccc(F)cc3)c3ccc([N+](=O)[O-])cc32)S1(=O)=O. The number of nitro groups is 1. The van der Waals surface area contributed by atoms with Crippen molar-refractivity contribution in [2.45, 2.75) is 23.1 Å².